The zero-order valence-corrected chi connectivity index (χ0v) is 12.0. The number of nitrogens with one attached hydrogen (secondary N) is 1. The molecular weight excluding hydrogens is 316 g/mol. The van der Waals surface area contributed by atoms with Gasteiger partial charge in [0, 0.05) is 17.7 Å². The lowest BCUT2D eigenvalue weighted by Gasteiger charge is -2.00. The normalized spacial score (nSPS) is 10.7. The van der Waals surface area contributed by atoms with Crippen LogP contribution < -0.4 is 11.2 Å². The maximum Gasteiger partial charge on any atom is 0.270 e. The Hall–Kier alpha value is -2.45. The van der Waals surface area contributed by atoms with Crippen molar-refractivity contribution in [3.8, 4) is 11.3 Å². The average Bonchev–Trinajstić information content (AvgIpc) is 2.86. The summed E-state index contributed by atoms with van der Waals surface area (Å²) in [6.45, 7) is 0. The smallest absolute Gasteiger partial charge is 0.270 e. The van der Waals surface area contributed by atoms with Crippen LogP contribution >= 0.6 is 23.8 Å². The van der Waals surface area contributed by atoms with Crippen molar-refractivity contribution in [3.05, 3.63) is 51.2 Å². The summed E-state index contributed by atoms with van der Waals surface area (Å²) >= 11 is 10.6. The van der Waals surface area contributed by atoms with Gasteiger partial charge in [0.05, 0.1) is 16.2 Å². The molecule has 0 amide bonds. The summed E-state index contributed by atoms with van der Waals surface area (Å²) in [5.41, 5.74) is 8.07. The number of halogens is 1. The molecule has 1 heterocycles. The highest BCUT2D eigenvalue weighted by atomic mass is 35.5. The lowest BCUT2D eigenvalue weighted by Crippen LogP contribution is -2.23. The first-order chi connectivity index (χ1) is 9.97. The predicted molar refractivity (Wildman–Crippen MR) is 83.3 cm³/mol. The van der Waals surface area contributed by atoms with Crippen LogP contribution in [0, 0.1) is 10.1 Å². The second-order valence-electron chi connectivity index (χ2n) is 3.86. The molecule has 21 heavy (non-hydrogen) atoms. The third-order valence-electron chi connectivity index (χ3n) is 2.42. The molecule has 2 rings (SSSR count). The summed E-state index contributed by atoms with van der Waals surface area (Å²) in [4.78, 5) is 10.1. The van der Waals surface area contributed by atoms with E-state index in [9.17, 15) is 10.1 Å². The number of hydrogen-bond acceptors (Lipinski definition) is 5. The van der Waals surface area contributed by atoms with Crippen molar-refractivity contribution in [2.24, 2.45) is 10.8 Å². The topological polar surface area (TPSA) is 107 Å². The summed E-state index contributed by atoms with van der Waals surface area (Å²) in [5.74, 6) is 0.912. The molecule has 0 aliphatic heterocycles. The maximum absolute atomic E-state index is 10.7. The van der Waals surface area contributed by atoms with Gasteiger partial charge in [-0.05, 0) is 30.4 Å². The number of nitrogens with two attached hydrogens (primary N) is 1. The van der Waals surface area contributed by atoms with Crippen LogP contribution in [0.25, 0.3) is 11.3 Å². The van der Waals surface area contributed by atoms with Gasteiger partial charge in [0.1, 0.15) is 11.5 Å². The fourth-order valence-corrected chi connectivity index (χ4v) is 1.86. The van der Waals surface area contributed by atoms with Crippen molar-refractivity contribution in [2.45, 2.75) is 0 Å². The molecule has 0 saturated heterocycles. The molecule has 0 atom stereocenters. The van der Waals surface area contributed by atoms with Gasteiger partial charge in [-0.2, -0.15) is 5.10 Å². The summed E-state index contributed by atoms with van der Waals surface area (Å²) in [6.07, 6.45) is 1.39. The highest BCUT2D eigenvalue weighted by molar-refractivity contribution is 7.80. The van der Waals surface area contributed by atoms with Crippen LogP contribution in [0.3, 0.4) is 0 Å². The minimum absolute atomic E-state index is 0.0384. The van der Waals surface area contributed by atoms with E-state index in [-0.39, 0.29) is 15.8 Å². The van der Waals surface area contributed by atoms with E-state index >= 15 is 0 Å². The van der Waals surface area contributed by atoms with Gasteiger partial charge >= 0.3 is 0 Å². The Bertz CT molecular complexity index is 729. The van der Waals surface area contributed by atoms with E-state index < -0.39 is 4.92 Å². The molecule has 9 heteroatoms. The average molecular weight is 325 g/mol. The van der Waals surface area contributed by atoms with E-state index in [2.05, 4.69) is 22.7 Å². The number of nitro groups is 1. The van der Waals surface area contributed by atoms with E-state index in [4.69, 9.17) is 21.8 Å². The van der Waals surface area contributed by atoms with Crippen LogP contribution in [-0.2, 0) is 0 Å². The quantitative estimate of drug-likeness (QED) is 0.387. The zero-order valence-electron chi connectivity index (χ0n) is 10.4. The van der Waals surface area contributed by atoms with Gasteiger partial charge in [-0.15, -0.1) is 0 Å². The molecule has 7 nitrogen and oxygen atoms in total. The fraction of sp³-hybridized carbons (Fsp3) is 0. The second kappa shape index (κ2) is 6.33. The Morgan fingerprint density at radius 3 is 2.86 bits per heavy atom. The van der Waals surface area contributed by atoms with Crippen LogP contribution in [0.4, 0.5) is 5.69 Å². The number of thiocarbonyl (C=S) groups is 1. The zero-order chi connectivity index (χ0) is 15.4. The van der Waals surface area contributed by atoms with Crippen molar-refractivity contribution in [3.63, 3.8) is 0 Å². The fourth-order valence-electron chi connectivity index (χ4n) is 1.54. The molecule has 2 aromatic rings. The molecule has 0 radical (unpaired) electrons. The first kappa shape index (κ1) is 14.9. The van der Waals surface area contributed by atoms with Crippen molar-refractivity contribution in [2.75, 3.05) is 0 Å². The van der Waals surface area contributed by atoms with Crippen molar-refractivity contribution in [1.82, 2.24) is 5.43 Å². The number of hydrazone groups is 1. The van der Waals surface area contributed by atoms with Gasteiger partial charge in [0.15, 0.2) is 5.11 Å². The number of nitrogens with zero attached hydrogens (tertiary/aromatic N) is 2. The first-order valence-electron chi connectivity index (χ1n) is 5.60. The largest absolute Gasteiger partial charge is 0.455 e. The van der Waals surface area contributed by atoms with Crippen LogP contribution in [0.5, 0.6) is 0 Å². The molecule has 1 aromatic heterocycles. The second-order valence-corrected chi connectivity index (χ2v) is 4.70. The minimum Gasteiger partial charge on any atom is -0.455 e. The first-order valence-corrected chi connectivity index (χ1v) is 6.38. The van der Waals surface area contributed by atoms with E-state index in [0.29, 0.717) is 17.1 Å². The van der Waals surface area contributed by atoms with Gasteiger partial charge in [0.25, 0.3) is 5.69 Å². The predicted octanol–water partition coefficient (Wildman–Crippen LogP) is 2.68. The Morgan fingerprint density at radius 1 is 1.48 bits per heavy atom. The van der Waals surface area contributed by atoms with Crippen molar-refractivity contribution >= 4 is 40.8 Å². The van der Waals surface area contributed by atoms with E-state index in [1.54, 1.807) is 12.1 Å². The monoisotopic (exact) mass is 324 g/mol. The SMILES string of the molecule is NC(=S)NN=Cc1ccc(-c2ccc([N+](=O)[O-])cc2Cl)o1. The lowest BCUT2D eigenvalue weighted by atomic mass is 10.1. The number of hydrogen-bond donors (Lipinski definition) is 2. The Labute approximate surface area is 129 Å². The standard InChI is InChI=1S/C12H9ClN4O3S/c13-10-5-7(17(18)19)1-3-9(10)11-4-2-8(20-11)6-15-16-12(14)21/h1-6H,(H3,14,16,21). The van der Waals surface area contributed by atoms with Gasteiger partial charge in [-0.25, -0.2) is 0 Å². The summed E-state index contributed by atoms with van der Waals surface area (Å²) in [5, 5.41) is 14.7. The molecule has 0 aliphatic rings. The third kappa shape index (κ3) is 3.77. The minimum atomic E-state index is -0.517. The van der Waals surface area contributed by atoms with Crippen LogP contribution in [0.15, 0.2) is 39.9 Å². The Balaban J connectivity index is 2.23. The third-order valence-corrected chi connectivity index (χ3v) is 2.83. The molecule has 0 saturated carbocycles. The Kier molecular flexibility index (Phi) is 4.51. The highest BCUT2D eigenvalue weighted by Gasteiger charge is 2.13. The van der Waals surface area contributed by atoms with Crippen molar-refractivity contribution < 1.29 is 9.34 Å². The van der Waals surface area contributed by atoms with Crippen LogP contribution in [0.1, 0.15) is 5.76 Å². The summed E-state index contributed by atoms with van der Waals surface area (Å²) in [7, 11) is 0. The number of rotatable bonds is 4. The molecular formula is C12H9ClN4O3S. The van der Waals surface area contributed by atoms with Gasteiger partial charge < -0.3 is 10.2 Å². The van der Waals surface area contributed by atoms with Gasteiger partial charge in [-0.3, -0.25) is 15.5 Å². The number of nitro benzene ring substituents is 1. The lowest BCUT2D eigenvalue weighted by molar-refractivity contribution is -0.384. The number of furan rings is 1. The number of benzene rings is 1. The summed E-state index contributed by atoms with van der Waals surface area (Å²) < 4.78 is 5.50. The molecule has 108 valence electrons. The van der Waals surface area contributed by atoms with E-state index in [1.807, 2.05) is 0 Å². The summed E-state index contributed by atoms with van der Waals surface area (Å²) in [6, 6.07) is 7.48. The van der Waals surface area contributed by atoms with E-state index in [1.165, 1.54) is 24.4 Å². The maximum atomic E-state index is 10.7. The Morgan fingerprint density at radius 2 is 2.24 bits per heavy atom. The van der Waals surface area contributed by atoms with Gasteiger partial charge in [-0.1, -0.05) is 11.6 Å². The van der Waals surface area contributed by atoms with Crippen molar-refractivity contribution in [1.29, 1.82) is 0 Å². The molecule has 0 bridgehead atoms. The highest BCUT2D eigenvalue weighted by Crippen LogP contribution is 2.31. The van der Waals surface area contributed by atoms with Crippen LogP contribution in [-0.4, -0.2) is 16.3 Å². The number of non-ortho nitro benzene ring substituents is 1. The van der Waals surface area contributed by atoms with Gasteiger partial charge in [0.2, 0.25) is 0 Å². The molecule has 1 aromatic carbocycles. The molecule has 0 aliphatic carbocycles. The molecule has 0 spiro atoms. The molecule has 3 N–H and O–H groups in total. The van der Waals surface area contributed by atoms with E-state index in [0.717, 1.165) is 0 Å². The van der Waals surface area contributed by atoms with Crippen LogP contribution in [0.2, 0.25) is 5.02 Å². The molecule has 0 fully saturated rings. The molecule has 0 unspecified atom stereocenters.